The van der Waals surface area contributed by atoms with Gasteiger partial charge in [-0.2, -0.15) is 0 Å². The summed E-state index contributed by atoms with van der Waals surface area (Å²) in [6.07, 6.45) is 2.83. The van der Waals surface area contributed by atoms with E-state index in [1.807, 2.05) is 32.9 Å². The number of aromatic nitrogens is 1. The highest BCUT2D eigenvalue weighted by Crippen LogP contribution is 2.20. The molecule has 1 heterocycles. The van der Waals surface area contributed by atoms with Crippen molar-refractivity contribution >= 4 is 23.3 Å². The van der Waals surface area contributed by atoms with Crippen LogP contribution in [0.2, 0.25) is 0 Å². The number of carbonyl (C=O) groups excluding carboxylic acids is 1. The van der Waals surface area contributed by atoms with Gasteiger partial charge in [0.05, 0.1) is 17.7 Å². The molecule has 7 nitrogen and oxygen atoms in total. The number of nitrogens with one attached hydrogen (secondary N) is 1. The number of aromatic hydroxyl groups is 1. The van der Waals surface area contributed by atoms with E-state index in [4.69, 9.17) is 10.2 Å². The summed E-state index contributed by atoms with van der Waals surface area (Å²) < 4.78 is 0. The number of pyridine rings is 1. The van der Waals surface area contributed by atoms with E-state index in [-0.39, 0.29) is 24.0 Å². The second-order valence-corrected chi connectivity index (χ2v) is 7.38. The first kappa shape index (κ1) is 29.1. The topological polar surface area (TPSA) is 120 Å². The Balaban J connectivity index is 0.000000341. The molecule has 0 aliphatic rings. The van der Waals surface area contributed by atoms with Crippen LogP contribution in [0.5, 0.6) is 5.75 Å². The zero-order chi connectivity index (χ0) is 26.2. The molecular formula is C28H34N2O5. The fraction of sp³-hybridized carbons (Fsp3) is 0.321. The van der Waals surface area contributed by atoms with Gasteiger partial charge >= 0.3 is 5.97 Å². The minimum absolute atomic E-state index is 0.0156. The van der Waals surface area contributed by atoms with Gasteiger partial charge < -0.3 is 20.6 Å². The minimum atomic E-state index is -0.976. The van der Waals surface area contributed by atoms with Crippen molar-refractivity contribution in [3.8, 4) is 17.6 Å². The van der Waals surface area contributed by atoms with Gasteiger partial charge in [0.15, 0.2) is 0 Å². The van der Waals surface area contributed by atoms with Crippen LogP contribution in [0, 0.1) is 18.8 Å². The Bertz CT molecular complexity index is 1150. The van der Waals surface area contributed by atoms with Crippen LogP contribution in [0.4, 0.5) is 0 Å². The molecule has 0 aliphatic carbocycles. The fourth-order valence-electron chi connectivity index (χ4n) is 3.17. The van der Waals surface area contributed by atoms with Crippen LogP contribution < -0.4 is 5.32 Å². The van der Waals surface area contributed by atoms with Crippen LogP contribution in [0.3, 0.4) is 0 Å². The lowest BCUT2D eigenvalue weighted by Gasteiger charge is -2.13. The molecule has 1 atom stereocenters. The molecule has 4 N–H and O–H groups in total. The Hall–Kier alpha value is -3.89. The number of aryl methyl sites for hydroxylation is 1. The second-order valence-electron chi connectivity index (χ2n) is 7.38. The zero-order valence-electron chi connectivity index (χ0n) is 20.7. The van der Waals surface area contributed by atoms with E-state index in [1.165, 1.54) is 0 Å². The molecule has 1 amide bonds. The van der Waals surface area contributed by atoms with Gasteiger partial charge in [-0.1, -0.05) is 44.7 Å². The van der Waals surface area contributed by atoms with E-state index < -0.39 is 5.97 Å². The third-order valence-electron chi connectivity index (χ3n) is 4.85. The number of benzene rings is 2. The molecule has 35 heavy (non-hydrogen) atoms. The van der Waals surface area contributed by atoms with Crippen LogP contribution in [0.25, 0.3) is 10.9 Å². The first-order chi connectivity index (χ1) is 16.9. The average Bonchev–Trinajstić information content (AvgIpc) is 2.86. The zero-order valence-corrected chi connectivity index (χ0v) is 20.7. The molecule has 0 aliphatic heterocycles. The van der Waals surface area contributed by atoms with E-state index in [2.05, 4.69) is 22.1 Å². The second kappa shape index (κ2) is 15.9. The number of fused-ring (bicyclic) bond motifs is 1. The fourth-order valence-corrected chi connectivity index (χ4v) is 3.17. The molecule has 0 spiro atoms. The summed E-state index contributed by atoms with van der Waals surface area (Å²) in [5, 5.41) is 30.3. The summed E-state index contributed by atoms with van der Waals surface area (Å²) in [5.74, 6) is 4.99. The Kier molecular flexibility index (Phi) is 13.2. The molecule has 0 bridgehead atoms. The summed E-state index contributed by atoms with van der Waals surface area (Å²) in [5.41, 5.74) is 3.38. The lowest BCUT2D eigenvalue weighted by molar-refractivity contribution is -0.110. The van der Waals surface area contributed by atoms with Crippen molar-refractivity contribution in [2.75, 3.05) is 6.61 Å². The lowest BCUT2D eigenvalue weighted by atomic mass is 10.0. The number of amides is 1. The predicted octanol–water partition coefficient (Wildman–Crippen LogP) is 4.46. The van der Waals surface area contributed by atoms with E-state index in [0.717, 1.165) is 24.8 Å². The largest absolute Gasteiger partial charge is 0.508 e. The number of aliphatic hydroxyl groups excluding tert-OH is 1. The molecule has 0 saturated carbocycles. The van der Waals surface area contributed by atoms with Crippen LogP contribution >= 0.6 is 0 Å². The molecule has 0 saturated heterocycles. The summed E-state index contributed by atoms with van der Waals surface area (Å²) in [6, 6.07) is 14.0. The van der Waals surface area contributed by atoms with Crippen LogP contribution in [-0.4, -0.2) is 45.3 Å². The number of phenols is 1. The molecule has 0 fully saturated rings. The summed E-state index contributed by atoms with van der Waals surface area (Å²) in [4.78, 5) is 25.8. The Labute approximate surface area is 206 Å². The lowest BCUT2D eigenvalue weighted by Crippen LogP contribution is -2.28. The summed E-state index contributed by atoms with van der Waals surface area (Å²) in [7, 11) is 0. The van der Waals surface area contributed by atoms with Gasteiger partial charge in [0, 0.05) is 29.1 Å². The van der Waals surface area contributed by atoms with Crippen molar-refractivity contribution in [2.45, 2.75) is 53.0 Å². The van der Waals surface area contributed by atoms with Crippen LogP contribution in [0.15, 0.2) is 48.5 Å². The van der Waals surface area contributed by atoms with Crippen LogP contribution in [0.1, 0.15) is 60.8 Å². The van der Waals surface area contributed by atoms with Gasteiger partial charge in [-0.25, -0.2) is 4.79 Å². The SMILES string of the molecule is CC.CCC(Cc1ccc(O)cc1)NC=O.Cc1cc(C(=O)O)c2cc(C#CCCO)ccc2n1. The maximum atomic E-state index is 11.2. The predicted molar refractivity (Wildman–Crippen MR) is 138 cm³/mol. The average molecular weight is 479 g/mol. The Morgan fingerprint density at radius 3 is 2.40 bits per heavy atom. The molecule has 2 aromatic carbocycles. The Morgan fingerprint density at radius 2 is 1.83 bits per heavy atom. The van der Waals surface area contributed by atoms with Crippen molar-refractivity contribution < 1.29 is 24.9 Å². The van der Waals surface area contributed by atoms with Crippen LogP contribution in [-0.2, 0) is 11.2 Å². The Morgan fingerprint density at radius 1 is 1.14 bits per heavy atom. The molecule has 1 unspecified atom stereocenters. The number of carboxylic acids is 1. The van der Waals surface area contributed by atoms with Crippen molar-refractivity contribution in [1.29, 1.82) is 0 Å². The van der Waals surface area contributed by atoms with E-state index in [0.29, 0.717) is 28.6 Å². The number of nitrogens with zero attached hydrogens (tertiary/aromatic N) is 1. The highest BCUT2D eigenvalue weighted by Gasteiger charge is 2.10. The van der Waals surface area contributed by atoms with Crippen molar-refractivity contribution in [3.63, 3.8) is 0 Å². The van der Waals surface area contributed by atoms with E-state index >= 15 is 0 Å². The molecule has 0 radical (unpaired) electrons. The number of aromatic carboxylic acids is 1. The van der Waals surface area contributed by atoms with Gasteiger partial charge in [-0.05, 0) is 61.7 Å². The van der Waals surface area contributed by atoms with E-state index in [1.54, 1.807) is 43.3 Å². The molecule has 186 valence electrons. The number of aliphatic hydroxyl groups is 1. The summed E-state index contributed by atoms with van der Waals surface area (Å²) >= 11 is 0. The third kappa shape index (κ3) is 9.86. The molecule has 7 heteroatoms. The number of carbonyl (C=O) groups is 2. The monoisotopic (exact) mass is 478 g/mol. The maximum Gasteiger partial charge on any atom is 0.336 e. The quantitative estimate of drug-likeness (QED) is 0.294. The van der Waals surface area contributed by atoms with Gasteiger partial charge in [0.1, 0.15) is 5.75 Å². The van der Waals surface area contributed by atoms with Crippen molar-refractivity contribution in [1.82, 2.24) is 10.3 Å². The highest BCUT2D eigenvalue weighted by molar-refractivity contribution is 6.02. The maximum absolute atomic E-state index is 11.2. The molecule has 3 rings (SSSR count). The minimum Gasteiger partial charge on any atom is -0.508 e. The normalized spacial score (nSPS) is 10.4. The standard InChI is InChI=1S/C15H13NO3.C11H15NO2.C2H6/c1-10-8-13(15(18)19)12-9-11(4-2-3-7-17)5-6-14(12)16-10;1-2-10(12-8-13)7-9-3-5-11(14)6-4-9;1-2/h5-6,8-9,17H,3,7H2,1H3,(H,18,19);3-6,8,10,14H,2,7H2,1H3,(H,12,13);1-2H3. The number of rotatable bonds is 7. The van der Waals surface area contributed by atoms with Gasteiger partial charge in [0.2, 0.25) is 6.41 Å². The first-order valence-corrected chi connectivity index (χ1v) is 11.6. The van der Waals surface area contributed by atoms with Gasteiger partial charge in [0.25, 0.3) is 0 Å². The molecular weight excluding hydrogens is 444 g/mol. The number of phenolic OH excluding ortho intramolecular Hbond substituents is 1. The number of carboxylic acid groups (broad SMARTS) is 1. The number of hydrogen-bond acceptors (Lipinski definition) is 5. The highest BCUT2D eigenvalue weighted by atomic mass is 16.4. The summed E-state index contributed by atoms with van der Waals surface area (Å²) in [6.45, 7) is 7.81. The number of hydrogen-bond donors (Lipinski definition) is 4. The third-order valence-corrected chi connectivity index (χ3v) is 4.85. The molecule has 3 aromatic rings. The first-order valence-electron chi connectivity index (χ1n) is 11.6. The van der Waals surface area contributed by atoms with Gasteiger partial charge in [-0.15, -0.1) is 0 Å². The van der Waals surface area contributed by atoms with Gasteiger partial charge in [-0.3, -0.25) is 9.78 Å². The smallest absolute Gasteiger partial charge is 0.336 e. The van der Waals surface area contributed by atoms with E-state index in [9.17, 15) is 14.7 Å². The van der Waals surface area contributed by atoms with Crippen molar-refractivity contribution in [3.05, 3.63) is 70.9 Å². The van der Waals surface area contributed by atoms with Crippen molar-refractivity contribution in [2.24, 2.45) is 0 Å². The molecule has 1 aromatic heterocycles.